The van der Waals surface area contributed by atoms with Crippen LogP contribution in [0.3, 0.4) is 0 Å². The molecule has 9 heteroatoms. The van der Waals surface area contributed by atoms with Gasteiger partial charge in [-0.05, 0) is 37.1 Å². The Labute approximate surface area is 184 Å². The van der Waals surface area contributed by atoms with Crippen molar-refractivity contribution in [3.8, 4) is 0 Å². The maximum atomic E-state index is 11.2. The van der Waals surface area contributed by atoms with Crippen molar-refractivity contribution in [2.45, 2.75) is 49.3 Å². The Balaban J connectivity index is 2.04. The maximum absolute atomic E-state index is 11.2. The van der Waals surface area contributed by atoms with E-state index < -0.39 is 6.09 Å². The molecule has 0 saturated heterocycles. The highest BCUT2D eigenvalue weighted by Gasteiger charge is 2.22. The minimum absolute atomic E-state index is 0.0252. The summed E-state index contributed by atoms with van der Waals surface area (Å²) in [4.78, 5) is 16.9. The van der Waals surface area contributed by atoms with E-state index in [0.29, 0.717) is 22.4 Å². The molecular formula is C20H24Cl2N4O2S. The Kier molecular flexibility index (Phi) is 7.51. The molecule has 156 valence electrons. The van der Waals surface area contributed by atoms with E-state index in [4.69, 9.17) is 38.7 Å². The third-order valence-electron chi connectivity index (χ3n) is 4.49. The number of nitrogens with zero attached hydrogens (tertiary/aromatic N) is 2. The molecule has 0 saturated carbocycles. The number of halogens is 2. The molecule has 1 aliphatic heterocycles. The van der Waals surface area contributed by atoms with Crippen molar-refractivity contribution in [3.05, 3.63) is 51.4 Å². The minimum atomic E-state index is -0.817. The summed E-state index contributed by atoms with van der Waals surface area (Å²) in [5, 5.41) is 5.47. The van der Waals surface area contributed by atoms with Gasteiger partial charge in [-0.1, -0.05) is 60.5 Å². The van der Waals surface area contributed by atoms with Crippen LogP contribution in [0.1, 0.15) is 37.7 Å². The molecule has 0 atom stereocenters. The van der Waals surface area contributed by atoms with Crippen molar-refractivity contribution in [1.29, 1.82) is 0 Å². The largest absolute Gasteiger partial charge is 0.442 e. The lowest BCUT2D eigenvalue weighted by Crippen LogP contribution is -2.23. The van der Waals surface area contributed by atoms with Gasteiger partial charge in [-0.15, -0.1) is 0 Å². The maximum Gasteiger partial charge on any atom is 0.404 e. The third-order valence-corrected chi connectivity index (χ3v) is 6.02. The summed E-state index contributed by atoms with van der Waals surface area (Å²) in [6.07, 6.45) is 2.34. The monoisotopic (exact) mass is 454 g/mol. The first kappa shape index (κ1) is 22.0. The molecule has 1 aromatic carbocycles. The van der Waals surface area contributed by atoms with Crippen molar-refractivity contribution >= 4 is 41.1 Å². The first-order valence-corrected chi connectivity index (χ1v) is 10.9. The average molecular weight is 455 g/mol. The molecule has 2 aromatic rings. The summed E-state index contributed by atoms with van der Waals surface area (Å²) >= 11 is 14.0. The van der Waals surface area contributed by atoms with Gasteiger partial charge in [-0.25, -0.2) is 9.78 Å². The highest BCUT2D eigenvalue weighted by Crippen LogP contribution is 2.37. The summed E-state index contributed by atoms with van der Waals surface area (Å²) in [6.45, 7) is 6.67. The Morgan fingerprint density at radius 3 is 2.66 bits per heavy atom. The van der Waals surface area contributed by atoms with Gasteiger partial charge in [0.2, 0.25) is 0 Å². The van der Waals surface area contributed by atoms with Crippen LogP contribution in [0.5, 0.6) is 0 Å². The van der Waals surface area contributed by atoms with Crippen molar-refractivity contribution in [3.63, 3.8) is 0 Å². The van der Waals surface area contributed by atoms with Crippen LogP contribution in [0.15, 0.2) is 39.8 Å². The van der Waals surface area contributed by atoms with Gasteiger partial charge >= 0.3 is 6.09 Å². The van der Waals surface area contributed by atoms with E-state index in [1.807, 2.05) is 12.1 Å². The van der Waals surface area contributed by atoms with Crippen LogP contribution in [0, 0.1) is 0 Å². The predicted octanol–water partition coefficient (Wildman–Crippen LogP) is 4.98. The molecule has 2 heterocycles. The average Bonchev–Trinajstić information content (AvgIpc) is 2.97. The summed E-state index contributed by atoms with van der Waals surface area (Å²) in [7, 11) is 0. The lowest BCUT2D eigenvalue weighted by Gasteiger charge is -2.18. The molecule has 0 spiro atoms. The number of ether oxygens (including phenoxy) is 1. The smallest absolute Gasteiger partial charge is 0.404 e. The fourth-order valence-corrected chi connectivity index (χ4v) is 5.03. The van der Waals surface area contributed by atoms with Crippen LogP contribution in [-0.4, -0.2) is 28.7 Å². The van der Waals surface area contributed by atoms with Crippen LogP contribution in [0.4, 0.5) is 4.79 Å². The number of rotatable bonds is 7. The molecule has 3 rings (SSSR count). The first-order chi connectivity index (χ1) is 13.8. The fraction of sp³-hybridized carbons (Fsp3) is 0.400. The van der Waals surface area contributed by atoms with Crippen molar-refractivity contribution in [2.75, 3.05) is 13.1 Å². The number of primary amides is 1. The molecule has 29 heavy (non-hydrogen) atoms. The SMILES string of the molecule is CC(C)c1nc(COC(N)=O)n(CC2=CCNCC2)c1Sc1cc(Cl)cc(Cl)c1. The topological polar surface area (TPSA) is 82.2 Å². The van der Waals surface area contributed by atoms with E-state index in [0.717, 1.165) is 35.1 Å². The van der Waals surface area contributed by atoms with Crippen molar-refractivity contribution < 1.29 is 9.53 Å². The van der Waals surface area contributed by atoms with Crippen molar-refractivity contribution in [1.82, 2.24) is 14.9 Å². The quantitative estimate of drug-likeness (QED) is 0.576. The van der Waals surface area contributed by atoms with Gasteiger partial charge in [0.25, 0.3) is 0 Å². The van der Waals surface area contributed by atoms with Gasteiger partial charge in [0.1, 0.15) is 10.9 Å². The zero-order valence-electron chi connectivity index (χ0n) is 16.4. The number of carbonyl (C=O) groups is 1. The highest BCUT2D eigenvalue weighted by atomic mass is 35.5. The molecule has 1 aromatic heterocycles. The van der Waals surface area contributed by atoms with Crippen LogP contribution in [0.2, 0.25) is 10.0 Å². The second-order valence-electron chi connectivity index (χ2n) is 7.09. The number of imidazole rings is 1. The molecule has 0 bridgehead atoms. The summed E-state index contributed by atoms with van der Waals surface area (Å²) in [5.74, 6) is 0.852. The number of nitrogens with two attached hydrogens (primary N) is 1. The summed E-state index contributed by atoms with van der Waals surface area (Å²) in [6, 6.07) is 5.46. The van der Waals surface area contributed by atoms with E-state index in [1.165, 1.54) is 5.57 Å². The predicted molar refractivity (Wildman–Crippen MR) is 117 cm³/mol. The van der Waals surface area contributed by atoms with Gasteiger partial charge in [-0.2, -0.15) is 0 Å². The standard InChI is InChI=1S/C20H24Cl2N4O2S/c1-12(2)18-19(29-16-8-14(21)7-15(22)9-16)26(10-13-3-5-24-6-4-13)17(25-18)11-28-20(23)27/h3,7-9,12,24H,4-6,10-11H2,1-2H3,(H2,23,27). The zero-order valence-corrected chi connectivity index (χ0v) is 18.7. The number of aromatic nitrogens is 2. The summed E-state index contributed by atoms with van der Waals surface area (Å²) in [5.41, 5.74) is 7.43. The van der Waals surface area contributed by atoms with Gasteiger partial charge in [0.05, 0.1) is 5.69 Å². The highest BCUT2D eigenvalue weighted by molar-refractivity contribution is 7.99. The second-order valence-corrected chi connectivity index (χ2v) is 9.03. The molecule has 1 amide bonds. The second kappa shape index (κ2) is 9.89. The number of amides is 1. The van der Waals surface area contributed by atoms with E-state index in [2.05, 4.69) is 29.8 Å². The number of benzene rings is 1. The van der Waals surface area contributed by atoms with Crippen molar-refractivity contribution in [2.24, 2.45) is 5.73 Å². The molecule has 6 nitrogen and oxygen atoms in total. The van der Waals surface area contributed by atoms with Crippen LogP contribution in [-0.2, 0) is 17.9 Å². The minimum Gasteiger partial charge on any atom is -0.442 e. The van der Waals surface area contributed by atoms with Gasteiger partial charge in [0, 0.05) is 28.0 Å². The molecule has 0 unspecified atom stereocenters. The number of hydrogen-bond acceptors (Lipinski definition) is 5. The molecule has 0 radical (unpaired) electrons. The third kappa shape index (κ3) is 5.92. The Morgan fingerprint density at radius 2 is 2.07 bits per heavy atom. The summed E-state index contributed by atoms with van der Waals surface area (Å²) < 4.78 is 7.17. The van der Waals surface area contributed by atoms with E-state index in [9.17, 15) is 4.79 Å². The van der Waals surface area contributed by atoms with E-state index in [1.54, 1.807) is 17.8 Å². The van der Waals surface area contributed by atoms with Gasteiger partial charge in [-0.3, -0.25) is 0 Å². The fourth-order valence-electron chi connectivity index (χ4n) is 3.11. The molecular weight excluding hydrogens is 431 g/mol. The molecule has 0 fully saturated rings. The lowest BCUT2D eigenvalue weighted by molar-refractivity contribution is 0.145. The zero-order chi connectivity index (χ0) is 21.0. The Bertz CT molecular complexity index is 907. The molecule has 0 aliphatic carbocycles. The number of nitrogens with one attached hydrogen (secondary N) is 1. The number of hydrogen-bond donors (Lipinski definition) is 2. The van der Waals surface area contributed by atoms with Crippen LogP contribution in [0.25, 0.3) is 0 Å². The van der Waals surface area contributed by atoms with E-state index >= 15 is 0 Å². The lowest BCUT2D eigenvalue weighted by atomic mass is 10.1. The van der Waals surface area contributed by atoms with Crippen LogP contribution < -0.4 is 11.1 Å². The first-order valence-electron chi connectivity index (χ1n) is 9.37. The Morgan fingerprint density at radius 1 is 1.34 bits per heavy atom. The number of carbonyl (C=O) groups excluding carboxylic acids is 1. The van der Waals surface area contributed by atoms with Crippen LogP contribution >= 0.6 is 35.0 Å². The Hall–Kier alpha value is -1.67. The van der Waals surface area contributed by atoms with E-state index in [-0.39, 0.29) is 12.5 Å². The molecule has 3 N–H and O–H groups in total. The molecule has 1 aliphatic rings. The van der Waals surface area contributed by atoms with Gasteiger partial charge in [0.15, 0.2) is 6.61 Å². The normalized spacial score (nSPS) is 14.2. The van der Waals surface area contributed by atoms with Gasteiger partial charge < -0.3 is 20.4 Å².